The molecule has 1 unspecified atom stereocenters. The van der Waals surface area contributed by atoms with Crippen LogP contribution in [0.15, 0.2) is 47.1 Å². The number of ketones is 1. The molecule has 0 aliphatic rings. The standard InChI is InChI=1S/C19H18N2O6S2/c1-11(17(22)13-6-8-14(9-7-13)21-29(3,24)25)27-19(23)16-12(2)28-18(20-16)15-5-4-10-26-15/h4-11,21H,1-3H3. The van der Waals surface area contributed by atoms with Crippen LogP contribution < -0.4 is 4.72 Å². The number of rotatable bonds is 7. The van der Waals surface area contributed by atoms with Crippen molar-refractivity contribution >= 4 is 38.8 Å². The van der Waals surface area contributed by atoms with E-state index in [1.165, 1.54) is 48.8 Å². The Bertz CT molecular complexity index is 1130. The molecule has 152 valence electrons. The zero-order valence-electron chi connectivity index (χ0n) is 15.8. The Labute approximate surface area is 171 Å². The fourth-order valence-electron chi connectivity index (χ4n) is 2.51. The number of thiazole rings is 1. The molecule has 0 saturated heterocycles. The smallest absolute Gasteiger partial charge is 0.358 e. The zero-order chi connectivity index (χ0) is 21.2. The molecular weight excluding hydrogens is 416 g/mol. The van der Waals surface area contributed by atoms with Crippen LogP contribution in [0.4, 0.5) is 5.69 Å². The minimum absolute atomic E-state index is 0.133. The Morgan fingerprint density at radius 1 is 1.21 bits per heavy atom. The number of anilines is 1. The molecule has 8 nitrogen and oxygen atoms in total. The van der Waals surface area contributed by atoms with Crippen LogP contribution in [0.1, 0.15) is 32.6 Å². The van der Waals surface area contributed by atoms with Gasteiger partial charge < -0.3 is 9.15 Å². The van der Waals surface area contributed by atoms with Crippen molar-refractivity contribution < 1.29 is 27.2 Å². The number of carbonyl (C=O) groups is 2. The minimum atomic E-state index is -3.41. The molecule has 1 N–H and O–H groups in total. The van der Waals surface area contributed by atoms with Gasteiger partial charge in [-0.05, 0) is 50.2 Å². The molecule has 3 aromatic rings. The number of furan rings is 1. The van der Waals surface area contributed by atoms with E-state index in [9.17, 15) is 18.0 Å². The van der Waals surface area contributed by atoms with Crippen molar-refractivity contribution in [2.45, 2.75) is 20.0 Å². The van der Waals surface area contributed by atoms with Crippen LogP contribution in [-0.4, -0.2) is 37.5 Å². The number of carbonyl (C=O) groups excluding carboxylic acids is 2. The van der Waals surface area contributed by atoms with Crippen molar-refractivity contribution in [2.75, 3.05) is 11.0 Å². The molecule has 2 aromatic heterocycles. The number of Topliss-reactive ketones (excluding diaryl/α,β-unsaturated/α-hetero) is 1. The van der Waals surface area contributed by atoms with E-state index in [-0.39, 0.29) is 11.3 Å². The van der Waals surface area contributed by atoms with Crippen molar-refractivity contribution in [1.29, 1.82) is 0 Å². The maximum Gasteiger partial charge on any atom is 0.358 e. The summed E-state index contributed by atoms with van der Waals surface area (Å²) in [5, 5.41) is 0.549. The van der Waals surface area contributed by atoms with E-state index < -0.39 is 27.9 Å². The Morgan fingerprint density at radius 3 is 2.48 bits per heavy atom. The molecular formula is C19H18N2O6S2. The third-order valence-corrected chi connectivity index (χ3v) is 5.44. The van der Waals surface area contributed by atoms with Gasteiger partial charge in [-0.2, -0.15) is 0 Å². The second-order valence-corrected chi connectivity index (χ2v) is 9.22. The summed E-state index contributed by atoms with van der Waals surface area (Å²) in [7, 11) is -3.41. The first-order chi connectivity index (χ1) is 13.6. The predicted octanol–water partition coefficient (Wildman–Crippen LogP) is 3.51. The molecule has 10 heteroatoms. The molecule has 0 aliphatic carbocycles. The first-order valence-corrected chi connectivity index (χ1v) is 11.2. The largest absolute Gasteiger partial charge is 0.462 e. The molecule has 1 aromatic carbocycles. The Balaban J connectivity index is 1.69. The quantitative estimate of drug-likeness (QED) is 0.447. The number of sulfonamides is 1. The van der Waals surface area contributed by atoms with Crippen molar-refractivity contribution in [3.8, 4) is 10.8 Å². The highest BCUT2D eigenvalue weighted by Crippen LogP contribution is 2.28. The molecule has 2 heterocycles. The zero-order valence-corrected chi connectivity index (χ0v) is 17.5. The highest BCUT2D eigenvalue weighted by Gasteiger charge is 2.24. The highest BCUT2D eigenvalue weighted by atomic mass is 32.2. The second-order valence-electron chi connectivity index (χ2n) is 6.26. The average Bonchev–Trinajstić information content (AvgIpc) is 3.29. The monoisotopic (exact) mass is 434 g/mol. The third-order valence-electron chi connectivity index (χ3n) is 3.85. The van der Waals surface area contributed by atoms with E-state index in [1.54, 1.807) is 19.1 Å². The number of aryl methyl sites for hydroxylation is 1. The first-order valence-electron chi connectivity index (χ1n) is 8.48. The molecule has 0 amide bonds. The third kappa shape index (κ3) is 5.09. The SMILES string of the molecule is Cc1sc(-c2ccco2)nc1C(=O)OC(C)C(=O)c1ccc(NS(C)(=O)=O)cc1. The number of esters is 1. The molecule has 0 bridgehead atoms. The van der Waals surface area contributed by atoms with E-state index in [2.05, 4.69) is 9.71 Å². The van der Waals surface area contributed by atoms with Crippen molar-refractivity contribution in [3.05, 3.63) is 58.8 Å². The fourth-order valence-corrected chi connectivity index (χ4v) is 3.95. The van der Waals surface area contributed by atoms with Gasteiger partial charge in [-0.3, -0.25) is 9.52 Å². The van der Waals surface area contributed by atoms with Crippen molar-refractivity contribution in [2.24, 2.45) is 0 Å². The van der Waals surface area contributed by atoms with Crippen LogP contribution in [0.5, 0.6) is 0 Å². The minimum Gasteiger partial charge on any atom is -0.462 e. The fraction of sp³-hybridized carbons (Fsp3) is 0.211. The van der Waals surface area contributed by atoms with Gasteiger partial charge >= 0.3 is 5.97 Å². The molecule has 0 spiro atoms. The lowest BCUT2D eigenvalue weighted by atomic mass is 10.1. The van der Waals surface area contributed by atoms with Gasteiger partial charge in [0.2, 0.25) is 15.8 Å². The lowest BCUT2D eigenvalue weighted by Gasteiger charge is -2.12. The van der Waals surface area contributed by atoms with Crippen LogP contribution in [0.2, 0.25) is 0 Å². The van der Waals surface area contributed by atoms with Crippen LogP contribution in [-0.2, 0) is 14.8 Å². The molecule has 29 heavy (non-hydrogen) atoms. The second kappa shape index (κ2) is 8.18. The molecule has 0 radical (unpaired) electrons. The molecule has 3 rings (SSSR count). The summed E-state index contributed by atoms with van der Waals surface area (Å²) in [4.78, 5) is 29.9. The lowest BCUT2D eigenvalue weighted by molar-refractivity contribution is 0.0313. The number of ether oxygens (including phenoxy) is 1. The van der Waals surface area contributed by atoms with Crippen LogP contribution in [0, 0.1) is 6.92 Å². The summed E-state index contributed by atoms with van der Waals surface area (Å²) >= 11 is 1.29. The number of nitrogens with zero attached hydrogens (tertiary/aromatic N) is 1. The summed E-state index contributed by atoms with van der Waals surface area (Å²) in [6, 6.07) is 9.31. The lowest BCUT2D eigenvalue weighted by Crippen LogP contribution is -2.25. The van der Waals surface area contributed by atoms with Crippen LogP contribution in [0.3, 0.4) is 0 Å². The highest BCUT2D eigenvalue weighted by molar-refractivity contribution is 7.92. The van der Waals surface area contributed by atoms with Gasteiger partial charge in [0.1, 0.15) is 0 Å². The molecule has 0 saturated carbocycles. The molecule has 0 aliphatic heterocycles. The van der Waals surface area contributed by atoms with Gasteiger partial charge in [0.05, 0.1) is 12.5 Å². The maximum atomic E-state index is 12.5. The number of benzene rings is 1. The number of hydrogen-bond acceptors (Lipinski definition) is 8. The summed E-state index contributed by atoms with van der Waals surface area (Å²) in [6.45, 7) is 3.21. The van der Waals surface area contributed by atoms with E-state index >= 15 is 0 Å². The van der Waals surface area contributed by atoms with E-state index in [0.717, 1.165) is 6.26 Å². The van der Waals surface area contributed by atoms with Gasteiger partial charge in [-0.15, -0.1) is 11.3 Å². The Kier molecular flexibility index (Phi) is 5.85. The molecule has 1 atom stereocenters. The number of nitrogens with one attached hydrogen (secondary N) is 1. The Hall–Kier alpha value is -2.98. The average molecular weight is 434 g/mol. The van der Waals surface area contributed by atoms with Crippen molar-refractivity contribution in [1.82, 2.24) is 4.98 Å². The van der Waals surface area contributed by atoms with Gasteiger partial charge in [0.25, 0.3) is 0 Å². The van der Waals surface area contributed by atoms with E-state index in [0.29, 0.717) is 21.3 Å². The van der Waals surface area contributed by atoms with Crippen molar-refractivity contribution in [3.63, 3.8) is 0 Å². The normalized spacial score (nSPS) is 12.4. The summed E-state index contributed by atoms with van der Waals surface area (Å²) in [5.74, 6) is -0.569. The maximum absolute atomic E-state index is 12.5. The van der Waals surface area contributed by atoms with Crippen LogP contribution in [0.25, 0.3) is 10.8 Å². The summed E-state index contributed by atoms with van der Waals surface area (Å²) in [5.41, 5.74) is 0.752. The molecule has 0 fully saturated rings. The summed E-state index contributed by atoms with van der Waals surface area (Å²) < 4.78 is 35.4. The van der Waals surface area contributed by atoms with Gasteiger partial charge in [-0.25, -0.2) is 18.2 Å². The van der Waals surface area contributed by atoms with Gasteiger partial charge in [-0.1, -0.05) is 0 Å². The number of aromatic nitrogens is 1. The van der Waals surface area contributed by atoms with Gasteiger partial charge in [0, 0.05) is 16.1 Å². The number of hydrogen-bond donors (Lipinski definition) is 1. The Morgan fingerprint density at radius 2 is 1.90 bits per heavy atom. The van der Waals surface area contributed by atoms with E-state index in [1.807, 2.05) is 0 Å². The first kappa shape index (κ1) is 20.7. The summed E-state index contributed by atoms with van der Waals surface area (Å²) in [6.07, 6.45) is 1.51. The topological polar surface area (TPSA) is 116 Å². The predicted molar refractivity (Wildman–Crippen MR) is 109 cm³/mol. The van der Waals surface area contributed by atoms with Crippen LogP contribution >= 0.6 is 11.3 Å². The van der Waals surface area contributed by atoms with E-state index in [4.69, 9.17) is 9.15 Å². The van der Waals surface area contributed by atoms with Gasteiger partial charge in [0.15, 0.2) is 22.6 Å².